The Kier molecular flexibility index (Phi) is 6.15. The van der Waals surface area contributed by atoms with Crippen LogP contribution < -0.4 is 11.1 Å². The van der Waals surface area contributed by atoms with Crippen molar-refractivity contribution in [2.45, 2.75) is 49.8 Å². The number of nitrogens with two attached hydrogens (primary N) is 1. The van der Waals surface area contributed by atoms with Gasteiger partial charge in [-0.1, -0.05) is 13.3 Å². The van der Waals surface area contributed by atoms with Crippen LogP contribution in [0, 0.1) is 5.82 Å². The molecule has 3 N–H and O–H groups in total. The Morgan fingerprint density at radius 3 is 2.74 bits per heavy atom. The number of halogens is 1. The Morgan fingerprint density at radius 2 is 2.16 bits per heavy atom. The molecule has 0 aromatic heterocycles. The summed E-state index contributed by atoms with van der Waals surface area (Å²) in [6.45, 7) is 5.82. The van der Waals surface area contributed by atoms with Crippen LogP contribution in [0.1, 0.15) is 33.6 Å². The summed E-state index contributed by atoms with van der Waals surface area (Å²) in [7, 11) is 0. The van der Waals surface area contributed by atoms with Crippen molar-refractivity contribution >= 4 is 23.4 Å². The first-order valence-electron chi connectivity index (χ1n) is 6.46. The lowest BCUT2D eigenvalue weighted by Gasteiger charge is -2.17. The first kappa shape index (κ1) is 15.8. The van der Waals surface area contributed by atoms with Gasteiger partial charge in [-0.05, 0) is 38.5 Å². The van der Waals surface area contributed by atoms with Gasteiger partial charge in [-0.15, -0.1) is 11.8 Å². The number of nitrogen functional groups attached to an aromatic ring is 1. The molecule has 0 heterocycles. The predicted molar refractivity (Wildman–Crippen MR) is 78.6 cm³/mol. The monoisotopic (exact) mass is 284 g/mol. The Labute approximate surface area is 118 Å². The van der Waals surface area contributed by atoms with E-state index in [1.165, 1.54) is 17.8 Å². The van der Waals surface area contributed by atoms with Gasteiger partial charge >= 0.3 is 0 Å². The Balaban J connectivity index is 2.58. The summed E-state index contributed by atoms with van der Waals surface area (Å²) in [5.74, 6) is -0.451. The minimum Gasteiger partial charge on any atom is -0.399 e. The van der Waals surface area contributed by atoms with E-state index in [9.17, 15) is 9.18 Å². The molecule has 0 saturated carbocycles. The second kappa shape index (κ2) is 7.38. The number of carbonyl (C=O) groups excluding carboxylic acids is 1. The summed E-state index contributed by atoms with van der Waals surface area (Å²) in [4.78, 5) is 12.4. The highest BCUT2D eigenvalue weighted by atomic mass is 32.2. The standard InChI is InChI=1S/C14H21FN2OS/c1-4-5-9(2)17-14(18)10(3)19-13-7-6-11(16)8-12(13)15/h6-10H,4-5,16H2,1-3H3,(H,17,18). The molecule has 2 unspecified atom stereocenters. The van der Waals surface area contributed by atoms with Crippen molar-refractivity contribution in [2.24, 2.45) is 0 Å². The maximum Gasteiger partial charge on any atom is 0.233 e. The summed E-state index contributed by atoms with van der Waals surface area (Å²) in [6, 6.07) is 4.66. The van der Waals surface area contributed by atoms with E-state index in [2.05, 4.69) is 12.2 Å². The molecule has 0 aliphatic carbocycles. The zero-order chi connectivity index (χ0) is 14.4. The minimum atomic E-state index is -0.383. The number of amides is 1. The SMILES string of the molecule is CCCC(C)NC(=O)C(C)Sc1ccc(N)cc1F. The summed E-state index contributed by atoms with van der Waals surface area (Å²) in [5.41, 5.74) is 5.87. The van der Waals surface area contributed by atoms with E-state index in [-0.39, 0.29) is 23.0 Å². The van der Waals surface area contributed by atoms with E-state index in [0.29, 0.717) is 10.6 Å². The molecule has 0 radical (unpaired) electrons. The highest BCUT2D eigenvalue weighted by Gasteiger charge is 2.17. The van der Waals surface area contributed by atoms with Crippen LogP contribution in [0.3, 0.4) is 0 Å². The van der Waals surface area contributed by atoms with E-state index in [1.807, 2.05) is 6.92 Å². The van der Waals surface area contributed by atoms with Crippen molar-refractivity contribution < 1.29 is 9.18 Å². The molecule has 0 aliphatic heterocycles. The Hall–Kier alpha value is -1.23. The third-order valence-corrected chi connectivity index (χ3v) is 3.89. The normalized spacial score (nSPS) is 13.9. The van der Waals surface area contributed by atoms with Gasteiger partial charge in [0, 0.05) is 16.6 Å². The van der Waals surface area contributed by atoms with Crippen molar-refractivity contribution in [1.29, 1.82) is 0 Å². The molecule has 0 saturated heterocycles. The topological polar surface area (TPSA) is 55.1 Å². The number of rotatable bonds is 6. The van der Waals surface area contributed by atoms with Crippen LogP contribution in [-0.2, 0) is 4.79 Å². The van der Waals surface area contributed by atoms with Gasteiger partial charge in [-0.3, -0.25) is 4.79 Å². The Bertz CT molecular complexity index is 439. The quantitative estimate of drug-likeness (QED) is 0.623. The molecule has 0 aliphatic rings. The maximum atomic E-state index is 13.6. The van der Waals surface area contributed by atoms with Crippen LogP contribution >= 0.6 is 11.8 Å². The largest absolute Gasteiger partial charge is 0.399 e. The molecule has 3 nitrogen and oxygen atoms in total. The zero-order valence-electron chi connectivity index (χ0n) is 11.6. The van der Waals surface area contributed by atoms with E-state index in [4.69, 9.17) is 5.73 Å². The van der Waals surface area contributed by atoms with Gasteiger partial charge in [0.1, 0.15) is 5.82 Å². The average molecular weight is 284 g/mol. The number of hydrogen-bond donors (Lipinski definition) is 2. The number of thioether (sulfide) groups is 1. The number of anilines is 1. The molecule has 1 rings (SSSR count). The van der Waals surface area contributed by atoms with Gasteiger partial charge in [-0.25, -0.2) is 4.39 Å². The van der Waals surface area contributed by atoms with Crippen molar-refractivity contribution in [1.82, 2.24) is 5.32 Å². The summed E-state index contributed by atoms with van der Waals surface area (Å²) in [5, 5.41) is 2.59. The fraction of sp³-hybridized carbons (Fsp3) is 0.500. The van der Waals surface area contributed by atoms with Crippen LogP contribution in [0.5, 0.6) is 0 Å². The highest BCUT2D eigenvalue weighted by Crippen LogP contribution is 2.27. The van der Waals surface area contributed by atoms with Gasteiger partial charge in [0.25, 0.3) is 0 Å². The number of hydrogen-bond acceptors (Lipinski definition) is 3. The zero-order valence-corrected chi connectivity index (χ0v) is 12.4. The maximum absolute atomic E-state index is 13.6. The van der Waals surface area contributed by atoms with E-state index < -0.39 is 0 Å². The second-order valence-corrected chi connectivity index (χ2v) is 6.03. The van der Waals surface area contributed by atoms with Crippen LogP contribution in [0.15, 0.2) is 23.1 Å². The second-order valence-electron chi connectivity index (χ2n) is 4.65. The van der Waals surface area contributed by atoms with E-state index in [0.717, 1.165) is 12.8 Å². The fourth-order valence-electron chi connectivity index (χ4n) is 1.72. The van der Waals surface area contributed by atoms with Gasteiger partial charge < -0.3 is 11.1 Å². The van der Waals surface area contributed by atoms with Gasteiger partial charge in [0.15, 0.2) is 0 Å². The van der Waals surface area contributed by atoms with Crippen LogP contribution in [-0.4, -0.2) is 17.2 Å². The molecule has 1 amide bonds. The molecular formula is C14H21FN2OS. The molecular weight excluding hydrogens is 263 g/mol. The number of nitrogens with one attached hydrogen (secondary N) is 1. The summed E-state index contributed by atoms with van der Waals surface area (Å²) >= 11 is 1.20. The van der Waals surface area contributed by atoms with Crippen molar-refractivity contribution in [3.8, 4) is 0 Å². The smallest absolute Gasteiger partial charge is 0.233 e. The van der Waals surface area contributed by atoms with Crippen LogP contribution in [0.4, 0.5) is 10.1 Å². The third-order valence-electron chi connectivity index (χ3n) is 2.74. The number of carbonyl (C=O) groups is 1. The molecule has 5 heteroatoms. The summed E-state index contributed by atoms with van der Waals surface area (Å²) in [6.07, 6.45) is 1.97. The first-order valence-corrected chi connectivity index (χ1v) is 7.34. The predicted octanol–water partition coefficient (Wildman–Crippen LogP) is 3.19. The first-order chi connectivity index (χ1) is 8.93. The fourth-order valence-corrected chi connectivity index (χ4v) is 2.60. The van der Waals surface area contributed by atoms with E-state index >= 15 is 0 Å². The summed E-state index contributed by atoms with van der Waals surface area (Å²) < 4.78 is 13.6. The molecule has 19 heavy (non-hydrogen) atoms. The molecule has 1 aromatic carbocycles. The van der Waals surface area contributed by atoms with E-state index in [1.54, 1.807) is 19.1 Å². The highest BCUT2D eigenvalue weighted by molar-refractivity contribution is 8.00. The average Bonchev–Trinajstić information content (AvgIpc) is 2.32. The lowest BCUT2D eigenvalue weighted by molar-refractivity contribution is -0.120. The van der Waals surface area contributed by atoms with Crippen LogP contribution in [0.25, 0.3) is 0 Å². The lowest BCUT2D eigenvalue weighted by Crippen LogP contribution is -2.37. The molecule has 0 spiro atoms. The van der Waals surface area contributed by atoms with Crippen LogP contribution in [0.2, 0.25) is 0 Å². The molecule has 0 fully saturated rings. The van der Waals surface area contributed by atoms with Crippen molar-refractivity contribution in [3.63, 3.8) is 0 Å². The molecule has 2 atom stereocenters. The molecule has 106 valence electrons. The van der Waals surface area contributed by atoms with Gasteiger partial charge in [0.2, 0.25) is 5.91 Å². The lowest BCUT2D eigenvalue weighted by atomic mass is 10.2. The van der Waals surface area contributed by atoms with Crippen molar-refractivity contribution in [2.75, 3.05) is 5.73 Å². The van der Waals surface area contributed by atoms with Gasteiger partial charge in [0.05, 0.1) is 5.25 Å². The molecule has 0 bridgehead atoms. The molecule has 1 aromatic rings. The van der Waals surface area contributed by atoms with Crippen molar-refractivity contribution in [3.05, 3.63) is 24.0 Å². The Morgan fingerprint density at radius 1 is 1.47 bits per heavy atom. The van der Waals surface area contributed by atoms with Gasteiger partial charge in [-0.2, -0.15) is 0 Å². The number of benzene rings is 1. The minimum absolute atomic E-state index is 0.0674. The third kappa shape index (κ3) is 5.11.